The van der Waals surface area contributed by atoms with Crippen LogP contribution < -0.4 is 0 Å². The molecule has 2 heteroatoms. The molecule has 0 spiro atoms. The lowest BCUT2D eigenvalue weighted by Crippen LogP contribution is -2.25. The first-order valence-electron chi connectivity index (χ1n) is 5.48. The van der Waals surface area contributed by atoms with E-state index in [1.54, 1.807) is 0 Å². The predicted octanol–water partition coefficient (Wildman–Crippen LogP) is 3.58. The molecular weight excluding hydrogens is 262 g/mol. The fourth-order valence-corrected chi connectivity index (χ4v) is 1.82. The molecule has 1 aromatic carbocycles. The smallest absolute Gasteiger partial charge is 0.0359 e. The van der Waals surface area contributed by atoms with Crippen molar-refractivity contribution in [3.05, 3.63) is 59.8 Å². The number of allylic oxidation sites excluding steroid dienone is 3. The Labute approximate surface area is 108 Å². The second-order valence-corrected chi connectivity index (χ2v) is 3.92. The average Bonchev–Trinajstić information content (AvgIpc) is 2.29. The zero-order valence-corrected chi connectivity index (χ0v) is 11.3. The summed E-state index contributed by atoms with van der Waals surface area (Å²) in [7, 11) is 0. The Morgan fingerprint density at radius 1 is 1.19 bits per heavy atom. The van der Waals surface area contributed by atoms with E-state index >= 15 is 0 Å². The largest absolute Gasteiger partial charge is 0.371 e. The van der Waals surface area contributed by atoms with Gasteiger partial charge in [0.05, 0.1) is 0 Å². The van der Waals surface area contributed by atoms with Crippen molar-refractivity contribution in [3.63, 3.8) is 0 Å². The van der Waals surface area contributed by atoms with E-state index in [2.05, 4.69) is 60.4 Å². The molecule has 86 valence electrons. The summed E-state index contributed by atoms with van der Waals surface area (Å²) < 4.78 is 0. The molecule has 1 aliphatic heterocycles. The number of rotatable bonds is 3. The van der Waals surface area contributed by atoms with Gasteiger partial charge in [-0.1, -0.05) is 42.5 Å². The molecule has 1 aromatic rings. The molecule has 0 saturated carbocycles. The van der Waals surface area contributed by atoms with Gasteiger partial charge in [-0.25, -0.2) is 0 Å². The number of nitrogens with zero attached hydrogens (tertiary/aromatic N) is 1. The molecule has 0 aliphatic carbocycles. The lowest BCUT2D eigenvalue weighted by molar-refractivity contribution is 0.381. The van der Waals surface area contributed by atoms with Gasteiger partial charge in [0.1, 0.15) is 0 Å². The fraction of sp³-hybridized carbons (Fsp3) is 0.286. The van der Waals surface area contributed by atoms with E-state index in [4.69, 9.17) is 0 Å². The maximum absolute atomic E-state index is 2.41. The van der Waals surface area contributed by atoms with Crippen LogP contribution in [0, 0.1) is 0 Å². The van der Waals surface area contributed by atoms with Crippen LogP contribution in [0.2, 0.25) is 0 Å². The first kappa shape index (κ1) is 13.0. The molecule has 16 heavy (non-hydrogen) atoms. The first-order chi connectivity index (χ1) is 7.36. The summed E-state index contributed by atoms with van der Waals surface area (Å²) in [6.07, 6.45) is 7.64. The van der Waals surface area contributed by atoms with Gasteiger partial charge in [0.2, 0.25) is 0 Å². The standard InChI is InChI=1S/C14H17N.BrH/c1-13-7-5-6-11-15(13)12-10-14-8-3-2-4-9-14;/h2-9H,10-12H2,1H3;1H. The lowest BCUT2D eigenvalue weighted by Gasteiger charge is -2.25. The normalized spacial score (nSPS) is 14.3. The summed E-state index contributed by atoms with van der Waals surface area (Å²) in [5.74, 6) is 0. The summed E-state index contributed by atoms with van der Waals surface area (Å²) in [4.78, 5) is 2.41. The number of benzene rings is 1. The number of halogens is 1. The van der Waals surface area contributed by atoms with E-state index in [0.717, 1.165) is 19.5 Å². The Balaban J connectivity index is 0.00000128. The quantitative estimate of drug-likeness (QED) is 0.818. The summed E-state index contributed by atoms with van der Waals surface area (Å²) >= 11 is 0. The van der Waals surface area contributed by atoms with Gasteiger partial charge >= 0.3 is 0 Å². The number of hydrogen-bond donors (Lipinski definition) is 0. The van der Waals surface area contributed by atoms with Crippen molar-refractivity contribution >= 4 is 17.0 Å². The average molecular weight is 280 g/mol. The Kier molecular flexibility index (Phi) is 5.33. The van der Waals surface area contributed by atoms with Crippen LogP contribution in [0.4, 0.5) is 0 Å². The number of hydrogen-bond acceptors (Lipinski definition) is 1. The highest BCUT2D eigenvalue weighted by Crippen LogP contribution is 2.10. The van der Waals surface area contributed by atoms with Crippen LogP contribution in [-0.4, -0.2) is 18.0 Å². The van der Waals surface area contributed by atoms with Gasteiger partial charge < -0.3 is 4.90 Å². The van der Waals surface area contributed by atoms with Crippen molar-refractivity contribution in [2.75, 3.05) is 13.1 Å². The predicted molar refractivity (Wildman–Crippen MR) is 74.9 cm³/mol. The van der Waals surface area contributed by atoms with Crippen LogP contribution in [0.15, 0.2) is 54.3 Å². The summed E-state index contributed by atoms with van der Waals surface area (Å²) in [6.45, 7) is 4.33. The third-order valence-electron chi connectivity index (χ3n) is 2.81. The van der Waals surface area contributed by atoms with Crippen molar-refractivity contribution in [1.82, 2.24) is 4.90 Å². The lowest BCUT2D eigenvalue weighted by atomic mass is 10.1. The van der Waals surface area contributed by atoms with Crippen molar-refractivity contribution < 1.29 is 0 Å². The van der Waals surface area contributed by atoms with Gasteiger partial charge in [-0.15, -0.1) is 17.0 Å². The Bertz CT molecular complexity index is 368. The maximum Gasteiger partial charge on any atom is 0.0359 e. The van der Waals surface area contributed by atoms with Crippen molar-refractivity contribution in [1.29, 1.82) is 0 Å². The van der Waals surface area contributed by atoms with Gasteiger partial charge in [-0.2, -0.15) is 0 Å². The molecule has 0 aromatic heterocycles. The molecule has 0 radical (unpaired) electrons. The van der Waals surface area contributed by atoms with Crippen molar-refractivity contribution in [3.8, 4) is 0 Å². The van der Waals surface area contributed by atoms with Crippen LogP contribution in [-0.2, 0) is 6.42 Å². The minimum absolute atomic E-state index is 0. The van der Waals surface area contributed by atoms with Crippen molar-refractivity contribution in [2.45, 2.75) is 13.3 Å². The fourth-order valence-electron chi connectivity index (χ4n) is 1.82. The second-order valence-electron chi connectivity index (χ2n) is 3.92. The maximum atomic E-state index is 2.41. The zero-order valence-electron chi connectivity index (χ0n) is 9.60. The van der Waals surface area contributed by atoms with Crippen LogP contribution in [0.25, 0.3) is 0 Å². The molecule has 1 nitrogen and oxygen atoms in total. The highest BCUT2D eigenvalue weighted by Gasteiger charge is 2.05. The van der Waals surface area contributed by atoms with E-state index in [1.807, 2.05) is 0 Å². The Morgan fingerprint density at radius 3 is 2.62 bits per heavy atom. The van der Waals surface area contributed by atoms with E-state index < -0.39 is 0 Å². The minimum Gasteiger partial charge on any atom is -0.371 e. The SMILES string of the molecule is Br.CC1=CC=CCN1CCc1ccccc1. The van der Waals surface area contributed by atoms with E-state index in [1.165, 1.54) is 11.3 Å². The highest BCUT2D eigenvalue weighted by molar-refractivity contribution is 8.93. The van der Waals surface area contributed by atoms with E-state index in [9.17, 15) is 0 Å². The van der Waals surface area contributed by atoms with Gasteiger partial charge in [-0.3, -0.25) is 0 Å². The van der Waals surface area contributed by atoms with E-state index in [-0.39, 0.29) is 17.0 Å². The highest BCUT2D eigenvalue weighted by atomic mass is 79.9. The summed E-state index contributed by atoms with van der Waals surface area (Å²) in [5.41, 5.74) is 2.79. The molecule has 0 atom stereocenters. The van der Waals surface area contributed by atoms with Crippen molar-refractivity contribution in [2.24, 2.45) is 0 Å². The topological polar surface area (TPSA) is 3.24 Å². The second kappa shape index (κ2) is 6.54. The first-order valence-corrected chi connectivity index (χ1v) is 5.48. The van der Waals surface area contributed by atoms with Crippen LogP contribution >= 0.6 is 17.0 Å². The summed E-state index contributed by atoms with van der Waals surface area (Å²) in [6, 6.07) is 10.7. The Morgan fingerprint density at radius 2 is 1.94 bits per heavy atom. The molecular formula is C14H18BrN. The Hall–Kier alpha value is -1.02. The monoisotopic (exact) mass is 279 g/mol. The van der Waals surface area contributed by atoms with Crippen LogP contribution in [0.1, 0.15) is 12.5 Å². The van der Waals surface area contributed by atoms with Gasteiger partial charge in [0.25, 0.3) is 0 Å². The zero-order chi connectivity index (χ0) is 10.5. The van der Waals surface area contributed by atoms with E-state index in [0.29, 0.717) is 0 Å². The molecule has 2 rings (SSSR count). The molecule has 1 aliphatic rings. The minimum atomic E-state index is 0. The molecule has 1 heterocycles. The molecule has 0 amide bonds. The summed E-state index contributed by atoms with van der Waals surface area (Å²) in [5, 5.41) is 0. The van der Waals surface area contributed by atoms with Gasteiger partial charge in [-0.05, 0) is 25.0 Å². The molecule has 0 unspecified atom stereocenters. The third kappa shape index (κ3) is 3.53. The van der Waals surface area contributed by atoms with Gasteiger partial charge in [0, 0.05) is 18.8 Å². The molecule has 0 saturated heterocycles. The molecule has 0 bridgehead atoms. The molecule has 0 fully saturated rings. The van der Waals surface area contributed by atoms with Crippen LogP contribution in [0.3, 0.4) is 0 Å². The van der Waals surface area contributed by atoms with Gasteiger partial charge in [0.15, 0.2) is 0 Å². The van der Waals surface area contributed by atoms with Crippen LogP contribution in [0.5, 0.6) is 0 Å². The molecule has 0 N–H and O–H groups in total. The third-order valence-corrected chi connectivity index (χ3v) is 2.81.